The number of nitrogens with zero attached hydrogens (tertiary/aromatic N) is 1. The van der Waals surface area contributed by atoms with Crippen LogP contribution in [0.5, 0.6) is 5.75 Å². The third kappa shape index (κ3) is 3.24. The smallest absolute Gasteiger partial charge is 0.400 e. The molecule has 1 N–H and O–H groups in total. The summed E-state index contributed by atoms with van der Waals surface area (Å²) in [7, 11) is -3.68. The summed E-state index contributed by atoms with van der Waals surface area (Å²) in [6.45, 7) is 3.93. The van der Waals surface area contributed by atoms with E-state index >= 15 is 0 Å². The van der Waals surface area contributed by atoms with Crippen molar-refractivity contribution >= 4 is 10.0 Å². The Balaban J connectivity index is 2.54. The van der Waals surface area contributed by atoms with Gasteiger partial charge in [0.05, 0.1) is 0 Å². The number of aromatic nitrogens is 1. The van der Waals surface area contributed by atoms with E-state index in [2.05, 4.69) is 0 Å². The third-order valence-corrected chi connectivity index (χ3v) is 5.11. The lowest BCUT2D eigenvalue weighted by Crippen LogP contribution is -2.46. The van der Waals surface area contributed by atoms with Gasteiger partial charge >= 0.3 is 10.0 Å². The number of hydrogen-bond donors (Lipinski definition) is 1. The SMILES string of the molecule is CCCCc1c(O)ccc[n+]1S(=O)(=O)c1ccc(C)cc1. The predicted octanol–water partition coefficient (Wildman–Crippen LogP) is 2.57. The molecule has 0 amide bonds. The van der Waals surface area contributed by atoms with Crippen molar-refractivity contribution in [2.75, 3.05) is 0 Å². The van der Waals surface area contributed by atoms with E-state index in [1.807, 2.05) is 13.8 Å². The molecule has 0 spiro atoms. The first kappa shape index (κ1) is 15.5. The summed E-state index contributed by atoms with van der Waals surface area (Å²) in [6.07, 6.45) is 3.76. The Labute approximate surface area is 125 Å². The van der Waals surface area contributed by atoms with E-state index in [0.29, 0.717) is 12.1 Å². The second-order valence-electron chi connectivity index (χ2n) is 5.06. The van der Waals surface area contributed by atoms with Crippen LogP contribution >= 0.6 is 0 Å². The van der Waals surface area contributed by atoms with Crippen molar-refractivity contribution in [3.63, 3.8) is 0 Å². The van der Waals surface area contributed by atoms with Gasteiger partial charge in [-0.2, -0.15) is 8.42 Å². The molecule has 5 heteroatoms. The van der Waals surface area contributed by atoms with Gasteiger partial charge in [0.2, 0.25) is 5.69 Å². The molecule has 2 rings (SSSR count). The lowest BCUT2D eigenvalue weighted by molar-refractivity contribution is -0.522. The highest BCUT2D eigenvalue weighted by molar-refractivity contribution is 7.85. The molecule has 0 aliphatic rings. The maximum atomic E-state index is 12.7. The van der Waals surface area contributed by atoms with Crippen molar-refractivity contribution in [2.45, 2.75) is 38.0 Å². The Kier molecular flexibility index (Phi) is 4.63. The standard InChI is InChI=1S/C16H19NO3S/c1-3-4-6-15-16(18)7-5-12-17(15)21(19,20)14-10-8-13(2)9-11-14/h5,7-12H,3-4,6H2,1-2H3/p+1. The average molecular weight is 306 g/mol. The maximum Gasteiger partial charge on any atom is 0.400 e. The van der Waals surface area contributed by atoms with Crippen molar-refractivity contribution in [3.05, 3.63) is 53.9 Å². The summed E-state index contributed by atoms with van der Waals surface area (Å²) in [5.74, 6) is 0.0154. The zero-order valence-electron chi connectivity index (χ0n) is 12.3. The lowest BCUT2D eigenvalue weighted by atomic mass is 10.2. The van der Waals surface area contributed by atoms with Gasteiger partial charge in [-0.05, 0) is 31.5 Å². The fourth-order valence-electron chi connectivity index (χ4n) is 2.14. The van der Waals surface area contributed by atoms with E-state index in [-0.39, 0.29) is 10.6 Å². The first-order valence-electron chi connectivity index (χ1n) is 7.01. The number of aromatic hydroxyl groups is 1. The maximum absolute atomic E-state index is 12.7. The molecule has 21 heavy (non-hydrogen) atoms. The van der Waals surface area contributed by atoms with Crippen LogP contribution in [0, 0.1) is 6.92 Å². The molecule has 1 heterocycles. The van der Waals surface area contributed by atoms with Crippen LogP contribution in [0.1, 0.15) is 31.0 Å². The Morgan fingerprint density at radius 1 is 1.14 bits per heavy atom. The van der Waals surface area contributed by atoms with Crippen molar-refractivity contribution in [1.82, 2.24) is 0 Å². The summed E-state index contributed by atoms with van der Waals surface area (Å²) in [4.78, 5) is 0.224. The first-order valence-corrected chi connectivity index (χ1v) is 8.45. The van der Waals surface area contributed by atoms with E-state index < -0.39 is 10.0 Å². The molecule has 2 aromatic rings. The topological polar surface area (TPSA) is 58.2 Å². The van der Waals surface area contributed by atoms with Crippen molar-refractivity contribution in [3.8, 4) is 5.75 Å². The molecule has 0 aliphatic carbocycles. The zero-order chi connectivity index (χ0) is 15.5. The largest absolute Gasteiger partial charge is 0.502 e. The Morgan fingerprint density at radius 3 is 2.43 bits per heavy atom. The molecule has 4 nitrogen and oxygen atoms in total. The molecule has 0 unspecified atom stereocenters. The highest BCUT2D eigenvalue weighted by Crippen LogP contribution is 2.17. The Morgan fingerprint density at radius 2 is 1.81 bits per heavy atom. The van der Waals surface area contributed by atoms with Gasteiger partial charge in [-0.15, -0.1) is 0 Å². The summed E-state index contributed by atoms with van der Waals surface area (Å²) in [6, 6.07) is 9.77. The van der Waals surface area contributed by atoms with Crippen molar-refractivity contribution in [2.24, 2.45) is 0 Å². The van der Waals surface area contributed by atoms with Crippen molar-refractivity contribution < 1.29 is 17.5 Å². The molecule has 0 radical (unpaired) electrons. The Hall–Kier alpha value is -1.88. The minimum absolute atomic E-state index is 0.0154. The van der Waals surface area contributed by atoms with E-state index in [0.717, 1.165) is 18.4 Å². The van der Waals surface area contributed by atoms with Gasteiger partial charge in [0, 0.05) is 12.5 Å². The van der Waals surface area contributed by atoms with E-state index in [4.69, 9.17) is 0 Å². The fourth-order valence-corrected chi connectivity index (χ4v) is 3.56. The summed E-state index contributed by atoms with van der Waals surface area (Å²) >= 11 is 0. The van der Waals surface area contributed by atoms with E-state index in [9.17, 15) is 13.5 Å². The average Bonchev–Trinajstić information content (AvgIpc) is 2.46. The van der Waals surface area contributed by atoms with E-state index in [1.54, 1.807) is 24.3 Å². The molecule has 0 saturated heterocycles. The van der Waals surface area contributed by atoms with Crippen LogP contribution < -0.4 is 3.97 Å². The first-order chi connectivity index (χ1) is 9.96. The number of rotatable bonds is 5. The quantitative estimate of drug-likeness (QED) is 0.864. The van der Waals surface area contributed by atoms with Crippen LogP contribution in [0.3, 0.4) is 0 Å². The minimum atomic E-state index is -3.68. The van der Waals surface area contributed by atoms with Gasteiger partial charge in [0.15, 0.2) is 11.9 Å². The number of unbranched alkanes of at least 4 members (excludes halogenated alkanes) is 1. The van der Waals surface area contributed by atoms with Crippen molar-refractivity contribution in [1.29, 1.82) is 0 Å². The number of pyridine rings is 1. The van der Waals surface area contributed by atoms with Crippen LogP contribution in [0.25, 0.3) is 0 Å². The Bertz CT molecular complexity index is 722. The minimum Gasteiger partial charge on any atom is -0.502 e. The third-order valence-electron chi connectivity index (χ3n) is 3.38. The zero-order valence-corrected chi connectivity index (χ0v) is 13.1. The molecule has 0 bridgehead atoms. The van der Waals surface area contributed by atoms with Crippen LogP contribution in [-0.4, -0.2) is 13.5 Å². The fraction of sp³-hybridized carbons (Fsp3) is 0.312. The molecule has 1 aromatic carbocycles. The molecule has 0 saturated carbocycles. The second-order valence-corrected chi connectivity index (χ2v) is 6.87. The molecule has 0 aliphatic heterocycles. The monoisotopic (exact) mass is 306 g/mol. The van der Waals surface area contributed by atoms with Gasteiger partial charge in [0.1, 0.15) is 4.90 Å². The van der Waals surface area contributed by atoms with Gasteiger partial charge < -0.3 is 5.11 Å². The molecule has 0 fully saturated rings. The van der Waals surface area contributed by atoms with Gasteiger partial charge in [-0.25, -0.2) is 0 Å². The summed E-state index contributed by atoms with van der Waals surface area (Å²) in [5, 5.41) is 9.99. The number of benzene rings is 1. The highest BCUT2D eigenvalue weighted by Gasteiger charge is 2.30. The number of hydrogen-bond acceptors (Lipinski definition) is 3. The molecule has 112 valence electrons. The molecule has 0 atom stereocenters. The summed E-state index contributed by atoms with van der Waals surface area (Å²) < 4.78 is 26.6. The highest BCUT2D eigenvalue weighted by atomic mass is 32.2. The molecular weight excluding hydrogens is 286 g/mol. The molecule has 1 aromatic heterocycles. The van der Waals surface area contributed by atoms with Gasteiger partial charge in [0.25, 0.3) is 0 Å². The van der Waals surface area contributed by atoms with Gasteiger partial charge in [-0.1, -0.05) is 35.0 Å². The lowest BCUT2D eigenvalue weighted by Gasteiger charge is -2.06. The summed E-state index contributed by atoms with van der Waals surface area (Å²) in [5.41, 5.74) is 1.43. The van der Waals surface area contributed by atoms with Crippen LogP contribution in [0.2, 0.25) is 0 Å². The van der Waals surface area contributed by atoms with E-state index in [1.165, 1.54) is 22.3 Å². The second kappa shape index (κ2) is 6.26. The predicted molar refractivity (Wildman–Crippen MR) is 80.7 cm³/mol. The normalized spacial score (nSPS) is 11.5. The number of aryl methyl sites for hydroxylation is 1. The molecular formula is C16H20NO3S+. The van der Waals surface area contributed by atoms with Crippen LogP contribution in [-0.2, 0) is 16.4 Å². The van der Waals surface area contributed by atoms with Gasteiger partial charge in [-0.3, -0.25) is 0 Å². The van der Waals surface area contributed by atoms with Crippen LogP contribution in [0.15, 0.2) is 47.5 Å². The van der Waals surface area contributed by atoms with Crippen LogP contribution in [0.4, 0.5) is 0 Å².